The fraction of sp³-hybridized carbons (Fsp3) is 0.421. The molecule has 1 aromatic heterocycles. The lowest BCUT2D eigenvalue weighted by atomic mass is 10.1. The van der Waals surface area contributed by atoms with Gasteiger partial charge in [0, 0.05) is 23.4 Å². The minimum Gasteiger partial charge on any atom is -0.444 e. The molecule has 7 heteroatoms. The molecule has 2 aromatic rings. The third kappa shape index (κ3) is 4.40. The van der Waals surface area contributed by atoms with E-state index in [-0.39, 0.29) is 12.0 Å². The van der Waals surface area contributed by atoms with Crippen molar-refractivity contribution < 1.29 is 14.3 Å². The van der Waals surface area contributed by atoms with Crippen LogP contribution in [-0.2, 0) is 17.7 Å². The highest BCUT2D eigenvalue weighted by Gasteiger charge is 2.28. The number of anilines is 1. The van der Waals surface area contributed by atoms with E-state index in [1.54, 1.807) is 17.0 Å². The van der Waals surface area contributed by atoms with Crippen molar-refractivity contribution in [1.82, 2.24) is 9.88 Å². The number of amides is 2. The molecule has 1 aliphatic heterocycles. The summed E-state index contributed by atoms with van der Waals surface area (Å²) in [5.74, 6) is -0.180. The smallest absolute Gasteiger partial charge is 0.410 e. The number of hydrogen-bond donors (Lipinski definition) is 1. The molecule has 0 aliphatic carbocycles. The molecule has 6 nitrogen and oxygen atoms in total. The number of carbonyl (C=O) groups excluding carboxylic acids is 2. The van der Waals surface area contributed by atoms with E-state index >= 15 is 0 Å². The summed E-state index contributed by atoms with van der Waals surface area (Å²) in [7, 11) is 0. The Balaban J connectivity index is 1.66. The van der Waals surface area contributed by atoms with Crippen LogP contribution in [0.5, 0.6) is 0 Å². The largest absolute Gasteiger partial charge is 0.444 e. The van der Waals surface area contributed by atoms with Gasteiger partial charge in [0.15, 0.2) is 5.13 Å². The Hall–Kier alpha value is -2.41. The second-order valence-electron chi connectivity index (χ2n) is 7.36. The molecule has 0 atom stereocenters. The van der Waals surface area contributed by atoms with Crippen LogP contribution < -0.4 is 5.32 Å². The number of benzene rings is 1. The molecule has 138 valence electrons. The first kappa shape index (κ1) is 18.4. The maximum absolute atomic E-state index is 12.3. The van der Waals surface area contributed by atoms with E-state index in [9.17, 15) is 9.59 Å². The number of hydrogen-bond acceptors (Lipinski definition) is 5. The monoisotopic (exact) mass is 373 g/mol. The molecule has 0 radical (unpaired) electrons. The molecule has 0 saturated carbocycles. The molecular weight excluding hydrogens is 350 g/mol. The van der Waals surface area contributed by atoms with Crippen LogP contribution in [0.25, 0.3) is 0 Å². The number of aromatic nitrogens is 1. The lowest BCUT2D eigenvalue weighted by Crippen LogP contribution is -2.39. The molecular formula is C19H23N3O3S. The Bertz CT molecular complexity index is 822. The van der Waals surface area contributed by atoms with Crippen LogP contribution in [0.15, 0.2) is 24.3 Å². The zero-order chi connectivity index (χ0) is 18.9. The molecule has 1 N–H and O–H groups in total. The van der Waals surface area contributed by atoms with Crippen LogP contribution in [-0.4, -0.2) is 34.0 Å². The van der Waals surface area contributed by atoms with Gasteiger partial charge >= 0.3 is 6.09 Å². The maximum Gasteiger partial charge on any atom is 0.410 e. The number of nitrogens with zero attached hydrogens (tertiary/aromatic N) is 2. The summed E-state index contributed by atoms with van der Waals surface area (Å²) in [4.78, 5) is 31.8. The average Bonchev–Trinajstić information content (AvgIpc) is 2.95. The highest BCUT2D eigenvalue weighted by atomic mass is 32.1. The van der Waals surface area contributed by atoms with Gasteiger partial charge in [-0.05, 0) is 39.8 Å². The zero-order valence-electron chi connectivity index (χ0n) is 15.5. The highest BCUT2D eigenvalue weighted by molar-refractivity contribution is 7.15. The summed E-state index contributed by atoms with van der Waals surface area (Å²) in [5, 5.41) is 3.41. The van der Waals surface area contributed by atoms with Gasteiger partial charge in [-0.1, -0.05) is 29.0 Å². The Morgan fingerprint density at radius 3 is 2.58 bits per heavy atom. The van der Waals surface area contributed by atoms with E-state index in [0.717, 1.165) is 16.1 Å². The summed E-state index contributed by atoms with van der Waals surface area (Å²) in [6, 6.07) is 7.39. The molecule has 0 saturated heterocycles. The molecule has 2 heterocycles. The molecule has 26 heavy (non-hydrogen) atoms. The summed E-state index contributed by atoms with van der Waals surface area (Å²) >= 11 is 1.41. The van der Waals surface area contributed by atoms with Crippen molar-refractivity contribution in [2.75, 3.05) is 11.9 Å². The van der Waals surface area contributed by atoms with Gasteiger partial charge in [-0.25, -0.2) is 9.78 Å². The zero-order valence-corrected chi connectivity index (χ0v) is 16.3. The SMILES string of the molecule is Cc1ccc(C(=O)Nc2nc3c(s2)CN(C(=O)OC(C)(C)C)CC3)cc1. The fourth-order valence-corrected chi connectivity index (χ4v) is 3.62. The average molecular weight is 373 g/mol. The van der Waals surface area contributed by atoms with Crippen LogP contribution >= 0.6 is 11.3 Å². The molecule has 0 fully saturated rings. The topological polar surface area (TPSA) is 71.5 Å². The number of rotatable bonds is 2. The summed E-state index contributed by atoms with van der Waals surface area (Å²) in [6.45, 7) is 8.56. The molecule has 0 bridgehead atoms. The minimum absolute atomic E-state index is 0.180. The second kappa shape index (κ2) is 7.07. The van der Waals surface area contributed by atoms with Crippen molar-refractivity contribution in [3.63, 3.8) is 0 Å². The predicted octanol–water partition coefficient (Wildman–Crippen LogP) is 4.00. The van der Waals surface area contributed by atoms with Crippen LogP contribution in [0.2, 0.25) is 0 Å². The first-order valence-electron chi connectivity index (χ1n) is 8.56. The first-order chi connectivity index (χ1) is 12.2. The standard InChI is InChI=1S/C19H23N3O3S/c1-12-5-7-13(8-6-12)16(23)21-17-20-14-9-10-22(11-15(14)26-17)18(24)25-19(2,3)4/h5-8H,9-11H2,1-4H3,(H,20,21,23). The highest BCUT2D eigenvalue weighted by Crippen LogP contribution is 2.29. The number of carbonyl (C=O) groups is 2. The maximum atomic E-state index is 12.3. The lowest BCUT2D eigenvalue weighted by Gasteiger charge is -2.29. The number of aryl methyl sites for hydroxylation is 1. The first-order valence-corrected chi connectivity index (χ1v) is 9.37. The number of nitrogens with one attached hydrogen (secondary N) is 1. The Kier molecular flexibility index (Phi) is 5.00. The van der Waals surface area contributed by atoms with Gasteiger partial charge in [0.25, 0.3) is 5.91 Å². The summed E-state index contributed by atoms with van der Waals surface area (Å²) < 4.78 is 5.43. The van der Waals surface area contributed by atoms with Crippen LogP contribution in [0.1, 0.15) is 47.3 Å². The molecule has 2 amide bonds. The molecule has 1 aliphatic rings. The predicted molar refractivity (Wildman–Crippen MR) is 102 cm³/mol. The van der Waals surface area contributed by atoms with E-state index in [1.807, 2.05) is 39.8 Å². The quantitative estimate of drug-likeness (QED) is 0.864. The van der Waals surface area contributed by atoms with Crippen LogP contribution in [0.3, 0.4) is 0 Å². The van der Waals surface area contributed by atoms with Gasteiger partial charge in [-0.15, -0.1) is 0 Å². The Morgan fingerprint density at radius 2 is 1.92 bits per heavy atom. The third-order valence-corrected chi connectivity index (χ3v) is 4.91. The van der Waals surface area contributed by atoms with Gasteiger partial charge in [0.2, 0.25) is 0 Å². The second-order valence-corrected chi connectivity index (χ2v) is 8.44. The molecule has 1 aromatic carbocycles. The third-order valence-electron chi connectivity index (χ3n) is 3.92. The summed E-state index contributed by atoms with van der Waals surface area (Å²) in [6.07, 6.45) is 0.340. The van der Waals surface area contributed by atoms with E-state index in [4.69, 9.17) is 4.74 Å². The fourth-order valence-electron chi connectivity index (χ4n) is 2.61. The van der Waals surface area contributed by atoms with Crippen molar-refractivity contribution >= 4 is 28.5 Å². The number of fused-ring (bicyclic) bond motifs is 1. The van der Waals surface area contributed by atoms with E-state index in [1.165, 1.54) is 11.3 Å². The minimum atomic E-state index is -0.516. The van der Waals surface area contributed by atoms with Gasteiger partial charge < -0.3 is 9.64 Å². The Labute approximate surface area is 157 Å². The van der Waals surface area contributed by atoms with Crippen LogP contribution in [0, 0.1) is 6.92 Å². The van der Waals surface area contributed by atoms with E-state index in [0.29, 0.717) is 30.2 Å². The van der Waals surface area contributed by atoms with Crippen molar-refractivity contribution in [1.29, 1.82) is 0 Å². The Morgan fingerprint density at radius 1 is 1.23 bits per heavy atom. The van der Waals surface area contributed by atoms with Crippen molar-refractivity contribution in [3.05, 3.63) is 46.0 Å². The van der Waals surface area contributed by atoms with E-state index < -0.39 is 5.60 Å². The number of thiazole rings is 1. The normalized spacial score (nSPS) is 13.9. The lowest BCUT2D eigenvalue weighted by molar-refractivity contribution is 0.0225. The van der Waals surface area contributed by atoms with Crippen molar-refractivity contribution in [2.45, 2.75) is 46.3 Å². The van der Waals surface area contributed by atoms with Crippen LogP contribution in [0.4, 0.5) is 9.93 Å². The molecule has 3 rings (SSSR count). The van der Waals surface area contributed by atoms with Gasteiger partial charge in [-0.3, -0.25) is 10.1 Å². The van der Waals surface area contributed by atoms with E-state index in [2.05, 4.69) is 10.3 Å². The van der Waals surface area contributed by atoms with Gasteiger partial charge in [-0.2, -0.15) is 0 Å². The molecule has 0 spiro atoms. The summed E-state index contributed by atoms with van der Waals surface area (Å²) in [5.41, 5.74) is 2.12. The number of ether oxygens (including phenoxy) is 1. The van der Waals surface area contributed by atoms with Crippen molar-refractivity contribution in [2.24, 2.45) is 0 Å². The van der Waals surface area contributed by atoms with Crippen molar-refractivity contribution in [3.8, 4) is 0 Å². The van der Waals surface area contributed by atoms with Gasteiger partial charge in [0.05, 0.1) is 12.2 Å². The molecule has 0 unspecified atom stereocenters. The van der Waals surface area contributed by atoms with Gasteiger partial charge in [0.1, 0.15) is 5.60 Å².